The Balaban J connectivity index is 2.12. The standard InChI is InChI=1S/C12H20N2OS/c1-4-15-12(2,3)11-14-10(8-16-11)9-6-5-7-13-9/h8-9,13H,4-7H2,1-3H3/t9-/m1/s1. The maximum atomic E-state index is 5.72. The topological polar surface area (TPSA) is 34.1 Å². The van der Waals surface area contributed by atoms with Crippen molar-refractivity contribution in [3.8, 4) is 0 Å². The van der Waals surface area contributed by atoms with Crippen LogP contribution in [0.1, 0.15) is 50.4 Å². The number of nitrogens with zero attached hydrogens (tertiary/aromatic N) is 1. The van der Waals surface area contributed by atoms with Gasteiger partial charge in [0.1, 0.15) is 10.6 Å². The molecule has 0 amide bonds. The van der Waals surface area contributed by atoms with Gasteiger partial charge in [-0.2, -0.15) is 0 Å². The third kappa shape index (κ3) is 2.44. The van der Waals surface area contributed by atoms with E-state index in [4.69, 9.17) is 9.72 Å². The van der Waals surface area contributed by atoms with Crippen molar-refractivity contribution in [2.45, 2.75) is 45.3 Å². The van der Waals surface area contributed by atoms with Crippen LogP contribution in [0, 0.1) is 0 Å². The quantitative estimate of drug-likeness (QED) is 0.878. The predicted octanol–water partition coefficient (Wildman–Crippen LogP) is 2.84. The summed E-state index contributed by atoms with van der Waals surface area (Å²) in [7, 11) is 0. The van der Waals surface area contributed by atoms with Crippen LogP contribution >= 0.6 is 11.3 Å². The number of hydrogen-bond donors (Lipinski definition) is 1. The van der Waals surface area contributed by atoms with Gasteiger partial charge >= 0.3 is 0 Å². The molecule has 1 aromatic rings. The second-order valence-electron chi connectivity index (χ2n) is 4.67. The van der Waals surface area contributed by atoms with Crippen molar-refractivity contribution >= 4 is 11.3 Å². The van der Waals surface area contributed by atoms with E-state index < -0.39 is 0 Å². The Labute approximate surface area is 101 Å². The molecule has 4 heteroatoms. The summed E-state index contributed by atoms with van der Waals surface area (Å²) in [5.41, 5.74) is 0.932. The lowest BCUT2D eigenvalue weighted by atomic mass is 10.1. The zero-order valence-electron chi connectivity index (χ0n) is 10.2. The van der Waals surface area contributed by atoms with Crippen LogP contribution < -0.4 is 5.32 Å². The van der Waals surface area contributed by atoms with Crippen LogP contribution in [0.3, 0.4) is 0 Å². The molecule has 3 nitrogen and oxygen atoms in total. The average molecular weight is 240 g/mol. The van der Waals surface area contributed by atoms with Crippen LogP contribution in [0.25, 0.3) is 0 Å². The van der Waals surface area contributed by atoms with Crippen molar-refractivity contribution < 1.29 is 4.74 Å². The second kappa shape index (κ2) is 4.82. The molecule has 2 heterocycles. The van der Waals surface area contributed by atoms with Gasteiger partial charge in [-0.25, -0.2) is 4.98 Å². The van der Waals surface area contributed by atoms with E-state index in [1.54, 1.807) is 11.3 Å². The highest BCUT2D eigenvalue weighted by atomic mass is 32.1. The first kappa shape index (κ1) is 12.0. The maximum Gasteiger partial charge on any atom is 0.124 e. The molecular weight excluding hydrogens is 220 g/mol. The Kier molecular flexibility index (Phi) is 3.62. The summed E-state index contributed by atoms with van der Waals surface area (Å²) in [6, 6.07) is 0.461. The normalized spacial score (nSPS) is 21.6. The fourth-order valence-corrected chi connectivity index (χ4v) is 3.03. The van der Waals surface area contributed by atoms with E-state index in [2.05, 4.69) is 24.5 Å². The molecule has 0 aromatic carbocycles. The van der Waals surface area contributed by atoms with Crippen LogP contribution in [0.2, 0.25) is 0 Å². The zero-order valence-corrected chi connectivity index (χ0v) is 11.1. The van der Waals surface area contributed by atoms with Crippen LogP contribution in [0.15, 0.2) is 5.38 Å². The van der Waals surface area contributed by atoms with Crippen molar-refractivity contribution in [1.29, 1.82) is 0 Å². The monoisotopic (exact) mass is 240 g/mol. The Hall–Kier alpha value is -0.450. The van der Waals surface area contributed by atoms with Gasteiger partial charge < -0.3 is 10.1 Å². The molecule has 2 rings (SSSR count). The van der Waals surface area contributed by atoms with Gasteiger partial charge in [-0.05, 0) is 40.2 Å². The summed E-state index contributed by atoms with van der Waals surface area (Å²) in [6.07, 6.45) is 2.46. The lowest BCUT2D eigenvalue weighted by Gasteiger charge is -2.21. The van der Waals surface area contributed by atoms with Gasteiger partial charge in [0, 0.05) is 12.0 Å². The minimum atomic E-state index is -0.254. The number of thiazole rings is 1. The highest BCUT2D eigenvalue weighted by Crippen LogP contribution is 2.31. The van der Waals surface area contributed by atoms with Gasteiger partial charge in [-0.1, -0.05) is 0 Å². The van der Waals surface area contributed by atoms with E-state index in [1.807, 2.05) is 6.92 Å². The number of aromatic nitrogens is 1. The van der Waals surface area contributed by atoms with E-state index >= 15 is 0 Å². The second-order valence-corrected chi connectivity index (χ2v) is 5.53. The van der Waals surface area contributed by atoms with E-state index in [-0.39, 0.29) is 5.60 Å². The van der Waals surface area contributed by atoms with Crippen LogP contribution in [-0.2, 0) is 10.3 Å². The highest BCUT2D eigenvalue weighted by Gasteiger charge is 2.27. The van der Waals surface area contributed by atoms with Gasteiger partial charge in [0.2, 0.25) is 0 Å². The Morgan fingerprint density at radius 2 is 2.44 bits per heavy atom. The predicted molar refractivity (Wildman–Crippen MR) is 66.7 cm³/mol. The summed E-state index contributed by atoms with van der Waals surface area (Å²) in [6.45, 7) is 8.03. The minimum absolute atomic E-state index is 0.254. The van der Waals surface area contributed by atoms with Crippen molar-refractivity contribution in [1.82, 2.24) is 10.3 Å². The third-order valence-corrected chi connectivity index (χ3v) is 4.12. The van der Waals surface area contributed by atoms with Crippen molar-refractivity contribution in [2.75, 3.05) is 13.2 Å². The molecule has 1 atom stereocenters. The van der Waals surface area contributed by atoms with Crippen molar-refractivity contribution in [2.24, 2.45) is 0 Å². The molecule has 1 aromatic heterocycles. The first-order chi connectivity index (χ1) is 7.63. The molecule has 1 saturated heterocycles. The number of nitrogens with one attached hydrogen (secondary N) is 1. The van der Waals surface area contributed by atoms with E-state index in [9.17, 15) is 0 Å². The van der Waals surface area contributed by atoms with Crippen molar-refractivity contribution in [3.63, 3.8) is 0 Å². The van der Waals surface area contributed by atoms with E-state index in [0.717, 1.165) is 18.2 Å². The molecule has 0 unspecified atom stereocenters. The number of ether oxygens (including phenoxy) is 1. The summed E-state index contributed by atoms with van der Waals surface area (Å²) >= 11 is 1.71. The molecule has 0 bridgehead atoms. The fraction of sp³-hybridized carbons (Fsp3) is 0.750. The van der Waals surface area contributed by atoms with Crippen LogP contribution in [0.4, 0.5) is 0 Å². The molecule has 0 radical (unpaired) electrons. The molecule has 16 heavy (non-hydrogen) atoms. The first-order valence-electron chi connectivity index (χ1n) is 5.96. The maximum absolute atomic E-state index is 5.72. The molecule has 90 valence electrons. The Bertz CT molecular complexity index is 343. The summed E-state index contributed by atoms with van der Waals surface area (Å²) in [4.78, 5) is 4.71. The average Bonchev–Trinajstić information content (AvgIpc) is 2.89. The molecule has 1 fully saturated rings. The first-order valence-corrected chi connectivity index (χ1v) is 6.84. The molecule has 1 aliphatic rings. The highest BCUT2D eigenvalue weighted by molar-refractivity contribution is 7.09. The lowest BCUT2D eigenvalue weighted by molar-refractivity contribution is -0.0142. The molecule has 0 saturated carbocycles. The lowest BCUT2D eigenvalue weighted by Crippen LogP contribution is -2.22. The largest absolute Gasteiger partial charge is 0.369 e. The SMILES string of the molecule is CCOC(C)(C)c1nc([C@H]2CCCN2)cs1. The smallest absolute Gasteiger partial charge is 0.124 e. The molecule has 0 aliphatic carbocycles. The number of hydrogen-bond acceptors (Lipinski definition) is 4. The van der Waals surface area contributed by atoms with E-state index in [0.29, 0.717) is 6.04 Å². The zero-order chi connectivity index (χ0) is 11.6. The molecule has 1 aliphatic heterocycles. The molecule has 1 N–H and O–H groups in total. The third-order valence-electron chi connectivity index (χ3n) is 2.96. The Morgan fingerprint density at radius 3 is 3.06 bits per heavy atom. The van der Waals surface area contributed by atoms with E-state index in [1.165, 1.54) is 18.5 Å². The fourth-order valence-electron chi connectivity index (χ4n) is 2.08. The van der Waals surface area contributed by atoms with Gasteiger partial charge in [-0.15, -0.1) is 11.3 Å². The van der Waals surface area contributed by atoms with Gasteiger partial charge in [-0.3, -0.25) is 0 Å². The van der Waals surface area contributed by atoms with Crippen molar-refractivity contribution in [3.05, 3.63) is 16.1 Å². The summed E-state index contributed by atoms with van der Waals surface area (Å²) in [5, 5.41) is 6.72. The summed E-state index contributed by atoms with van der Waals surface area (Å²) < 4.78 is 5.72. The molecule has 0 spiro atoms. The summed E-state index contributed by atoms with van der Waals surface area (Å²) in [5.74, 6) is 0. The minimum Gasteiger partial charge on any atom is -0.369 e. The Morgan fingerprint density at radius 1 is 1.62 bits per heavy atom. The van der Waals surface area contributed by atoms with Gasteiger partial charge in [0.05, 0.1) is 11.7 Å². The van der Waals surface area contributed by atoms with Gasteiger partial charge in [0.25, 0.3) is 0 Å². The molecular formula is C12H20N2OS. The van der Waals surface area contributed by atoms with Crippen LogP contribution in [0.5, 0.6) is 0 Å². The number of rotatable bonds is 4. The van der Waals surface area contributed by atoms with Gasteiger partial charge in [0.15, 0.2) is 0 Å². The van der Waals surface area contributed by atoms with Crippen LogP contribution in [-0.4, -0.2) is 18.1 Å².